The third-order valence-corrected chi connectivity index (χ3v) is 4.06. The van der Waals surface area contributed by atoms with E-state index >= 15 is 0 Å². The molecular formula is C18H17N3O4. The number of amides is 4. The van der Waals surface area contributed by atoms with E-state index in [4.69, 9.17) is 4.74 Å². The minimum absolute atomic E-state index is 0.0847. The molecule has 1 aliphatic heterocycles. The predicted octanol–water partition coefficient (Wildman–Crippen LogP) is 2.14. The molecule has 0 radical (unpaired) electrons. The number of nitrogens with zero attached hydrogens (tertiary/aromatic N) is 3. The Hall–Kier alpha value is -3.22. The largest absolute Gasteiger partial charge is 0.481 e. The van der Waals surface area contributed by atoms with Crippen molar-refractivity contribution in [2.45, 2.75) is 19.5 Å². The van der Waals surface area contributed by atoms with Crippen LogP contribution in [0.3, 0.4) is 0 Å². The quantitative estimate of drug-likeness (QED) is 0.616. The van der Waals surface area contributed by atoms with Gasteiger partial charge in [0.2, 0.25) is 5.88 Å². The summed E-state index contributed by atoms with van der Waals surface area (Å²) in [6.45, 7) is 1.63. The molecule has 1 aromatic heterocycles. The Morgan fingerprint density at radius 3 is 2.40 bits per heavy atom. The number of rotatable bonds is 5. The summed E-state index contributed by atoms with van der Waals surface area (Å²) in [5, 5.41) is 0. The maximum absolute atomic E-state index is 12.7. The smallest absolute Gasteiger partial charge is 0.335 e. The van der Waals surface area contributed by atoms with Crippen molar-refractivity contribution in [3.63, 3.8) is 0 Å². The minimum Gasteiger partial charge on any atom is -0.481 e. The van der Waals surface area contributed by atoms with E-state index in [2.05, 4.69) is 4.98 Å². The molecule has 1 unspecified atom stereocenters. The number of carbonyl (C=O) groups excluding carboxylic acids is 3. The van der Waals surface area contributed by atoms with Crippen LogP contribution in [-0.2, 0) is 16.1 Å². The standard InChI is InChI=1S/C18H17N3O4/c1-12(13-7-4-3-5-8-13)21-17(23)16(22)20(18(21)24)11-14-9-6-10-15(19-14)25-2/h3-10,12H,11H2,1-2H3. The molecule has 2 heterocycles. The van der Waals surface area contributed by atoms with Crippen LogP contribution in [0.4, 0.5) is 4.79 Å². The average molecular weight is 339 g/mol. The maximum Gasteiger partial charge on any atom is 0.335 e. The van der Waals surface area contributed by atoms with Gasteiger partial charge in [0.1, 0.15) is 0 Å². The molecule has 2 aromatic rings. The zero-order chi connectivity index (χ0) is 18.0. The van der Waals surface area contributed by atoms with Crippen LogP contribution in [0.25, 0.3) is 0 Å². The van der Waals surface area contributed by atoms with Gasteiger partial charge in [0.25, 0.3) is 0 Å². The van der Waals surface area contributed by atoms with E-state index in [1.54, 1.807) is 25.1 Å². The molecule has 7 nitrogen and oxygen atoms in total. The fourth-order valence-corrected chi connectivity index (χ4v) is 2.71. The van der Waals surface area contributed by atoms with E-state index in [0.717, 1.165) is 15.4 Å². The lowest BCUT2D eigenvalue weighted by Gasteiger charge is -2.22. The van der Waals surface area contributed by atoms with E-state index in [-0.39, 0.29) is 6.54 Å². The fraction of sp³-hybridized carbons (Fsp3) is 0.222. The van der Waals surface area contributed by atoms with Crippen LogP contribution in [0, 0.1) is 0 Å². The molecule has 25 heavy (non-hydrogen) atoms. The molecule has 3 rings (SSSR count). The minimum atomic E-state index is -0.850. The molecule has 7 heteroatoms. The molecule has 1 atom stereocenters. The second-order valence-corrected chi connectivity index (χ2v) is 5.61. The number of urea groups is 1. The molecule has 1 saturated heterocycles. The third kappa shape index (κ3) is 3.08. The topological polar surface area (TPSA) is 79.8 Å². The lowest BCUT2D eigenvalue weighted by Crippen LogP contribution is -2.35. The first kappa shape index (κ1) is 16.6. The Labute approximate surface area is 144 Å². The van der Waals surface area contributed by atoms with Crippen molar-refractivity contribution in [3.05, 3.63) is 59.8 Å². The number of benzene rings is 1. The number of imide groups is 2. The van der Waals surface area contributed by atoms with Crippen molar-refractivity contribution in [3.8, 4) is 5.88 Å². The first-order valence-corrected chi connectivity index (χ1v) is 7.77. The van der Waals surface area contributed by atoms with Gasteiger partial charge in [-0.15, -0.1) is 0 Å². The highest BCUT2D eigenvalue weighted by atomic mass is 16.5. The summed E-state index contributed by atoms with van der Waals surface area (Å²) >= 11 is 0. The van der Waals surface area contributed by atoms with E-state index in [1.807, 2.05) is 30.3 Å². The molecule has 0 saturated carbocycles. The highest BCUT2D eigenvalue weighted by Gasteiger charge is 2.46. The molecule has 128 valence electrons. The number of hydrogen-bond acceptors (Lipinski definition) is 5. The third-order valence-electron chi connectivity index (χ3n) is 4.06. The van der Waals surface area contributed by atoms with Gasteiger partial charge in [-0.3, -0.25) is 9.59 Å². The fourth-order valence-electron chi connectivity index (χ4n) is 2.71. The summed E-state index contributed by atoms with van der Waals surface area (Å²) in [7, 11) is 1.48. The SMILES string of the molecule is COc1cccc(CN2C(=O)C(=O)N(C(C)c3ccccc3)C2=O)n1. The number of aromatic nitrogens is 1. The average Bonchev–Trinajstić information content (AvgIpc) is 2.85. The molecule has 4 amide bonds. The van der Waals surface area contributed by atoms with Crippen LogP contribution >= 0.6 is 0 Å². The molecule has 0 bridgehead atoms. The Morgan fingerprint density at radius 1 is 1.00 bits per heavy atom. The summed E-state index contributed by atoms with van der Waals surface area (Å²) in [5.74, 6) is -1.31. The summed E-state index contributed by atoms with van der Waals surface area (Å²) in [6, 6.07) is 12.9. The summed E-state index contributed by atoms with van der Waals surface area (Å²) in [4.78, 5) is 43.3. The van der Waals surface area contributed by atoms with E-state index < -0.39 is 23.9 Å². The maximum atomic E-state index is 12.7. The number of hydrogen-bond donors (Lipinski definition) is 0. The molecule has 0 N–H and O–H groups in total. The van der Waals surface area contributed by atoms with E-state index in [0.29, 0.717) is 11.6 Å². The molecule has 1 aromatic carbocycles. The van der Waals surface area contributed by atoms with Crippen molar-refractivity contribution in [1.29, 1.82) is 0 Å². The van der Waals surface area contributed by atoms with Crippen molar-refractivity contribution < 1.29 is 19.1 Å². The van der Waals surface area contributed by atoms with Gasteiger partial charge < -0.3 is 4.74 Å². The molecule has 1 aliphatic rings. The van der Waals surface area contributed by atoms with Gasteiger partial charge in [0.15, 0.2) is 0 Å². The van der Waals surface area contributed by atoms with Crippen LogP contribution in [0.5, 0.6) is 5.88 Å². The van der Waals surface area contributed by atoms with Crippen LogP contribution < -0.4 is 4.74 Å². The normalized spacial score (nSPS) is 15.7. The monoisotopic (exact) mass is 339 g/mol. The van der Waals surface area contributed by atoms with Crippen molar-refractivity contribution in [2.75, 3.05) is 7.11 Å². The molecule has 0 aliphatic carbocycles. The van der Waals surface area contributed by atoms with Crippen molar-refractivity contribution in [1.82, 2.24) is 14.8 Å². The van der Waals surface area contributed by atoms with Crippen LogP contribution in [0.2, 0.25) is 0 Å². The van der Waals surface area contributed by atoms with Crippen LogP contribution in [-0.4, -0.2) is 39.7 Å². The zero-order valence-corrected chi connectivity index (χ0v) is 13.9. The number of pyridine rings is 1. The Kier molecular flexibility index (Phi) is 4.47. The second-order valence-electron chi connectivity index (χ2n) is 5.61. The first-order valence-electron chi connectivity index (χ1n) is 7.77. The molecule has 1 fully saturated rings. The summed E-state index contributed by atoms with van der Waals surface area (Å²) in [6.07, 6.45) is 0. The van der Waals surface area contributed by atoms with Gasteiger partial charge in [0.05, 0.1) is 25.4 Å². The van der Waals surface area contributed by atoms with Crippen molar-refractivity contribution >= 4 is 17.8 Å². The second kappa shape index (κ2) is 6.72. The van der Waals surface area contributed by atoms with E-state index in [1.165, 1.54) is 7.11 Å². The van der Waals surface area contributed by atoms with Crippen LogP contribution in [0.1, 0.15) is 24.2 Å². The Morgan fingerprint density at radius 2 is 1.72 bits per heavy atom. The van der Waals surface area contributed by atoms with Crippen LogP contribution in [0.15, 0.2) is 48.5 Å². The van der Waals surface area contributed by atoms with Gasteiger partial charge in [-0.05, 0) is 18.6 Å². The lowest BCUT2D eigenvalue weighted by molar-refractivity contribution is -0.144. The van der Waals surface area contributed by atoms with Gasteiger partial charge in [-0.25, -0.2) is 19.6 Å². The number of methoxy groups -OCH3 is 1. The Bertz CT molecular complexity index is 822. The lowest BCUT2D eigenvalue weighted by atomic mass is 10.1. The molecule has 0 spiro atoms. The highest BCUT2D eigenvalue weighted by molar-refractivity contribution is 6.44. The molecular weight excluding hydrogens is 322 g/mol. The van der Waals surface area contributed by atoms with Gasteiger partial charge in [0, 0.05) is 6.07 Å². The zero-order valence-electron chi connectivity index (χ0n) is 13.9. The Balaban J connectivity index is 1.84. The van der Waals surface area contributed by atoms with Crippen molar-refractivity contribution in [2.24, 2.45) is 0 Å². The van der Waals surface area contributed by atoms with E-state index in [9.17, 15) is 14.4 Å². The van der Waals surface area contributed by atoms with Gasteiger partial charge in [-0.2, -0.15) is 0 Å². The highest BCUT2D eigenvalue weighted by Crippen LogP contribution is 2.27. The predicted molar refractivity (Wildman–Crippen MR) is 88.4 cm³/mol. The first-order chi connectivity index (χ1) is 12.0. The summed E-state index contributed by atoms with van der Waals surface area (Å²) < 4.78 is 5.03. The van der Waals surface area contributed by atoms with Gasteiger partial charge >= 0.3 is 17.8 Å². The number of carbonyl (C=O) groups is 3. The summed E-state index contributed by atoms with van der Waals surface area (Å²) in [5.41, 5.74) is 1.24. The number of ether oxygens (including phenoxy) is 1. The van der Waals surface area contributed by atoms with Gasteiger partial charge in [-0.1, -0.05) is 36.4 Å².